The molecular weight excluding hydrogens is 366 g/mol. The molecule has 0 fully saturated rings. The summed E-state index contributed by atoms with van der Waals surface area (Å²) in [6.45, 7) is 7.24. The van der Waals surface area contributed by atoms with E-state index in [1.165, 1.54) is 12.5 Å². The first-order chi connectivity index (χ1) is 13.8. The van der Waals surface area contributed by atoms with Crippen LogP contribution in [0.4, 0.5) is 5.69 Å². The van der Waals surface area contributed by atoms with Crippen LogP contribution in [-0.2, 0) is 11.2 Å². The van der Waals surface area contributed by atoms with Crippen molar-refractivity contribution in [2.75, 3.05) is 18.5 Å². The van der Waals surface area contributed by atoms with Crippen LogP contribution in [0.2, 0.25) is 0 Å². The minimum atomic E-state index is -0.924. The summed E-state index contributed by atoms with van der Waals surface area (Å²) in [6, 6.07) is 13.5. The summed E-state index contributed by atoms with van der Waals surface area (Å²) in [5.74, 6) is -0.211. The van der Waals surface area contributed by atoms with E-state index >= 15 is 0 Å². The molecule has 0 saturated carbocycles. The summed E-state index contributed by atoms with van der Waals surface area (Å²) >= 11 is 0. The van der Waals surface area contributed by atoms with Crippen LogP contribution in [0.15, 0.2) is 42.5 Å². The Morgan fingerprint density at radius 2 is 1.62 bits per heavy atom. The van der Waals surface area contributed by atoms with Gasteiger partial charge >= 0.3 is 0 Å². The molecular formula is C24H35NO4. The van der Waals surface area contributed by atoms with Crippen molar-refractivity contribution in [1.82, 2.24) is 0 Å². The van der Waals surface area contributed by atoms with Gasteiger partial charge in [0, 0.05) is 30.0 Å². The number of nitrogens with one attached hydrogen (secondary N) is 1. The molecule has 2 aromatic carbocycles. The number of phenols is 2. The Morgan fingerprint density at radius 1 is 0.966 bits per heavy atom. The Morgan fingerprint density at radius 3 is 2.24 bits per heavy atom. The maximum Gasteiger partial charge on any atom is 0.127 e. The highest BCUT2D eigenvalue weighted by Crippen LogP contribution is 2.36. The molecule has 0 aliphatic heterocycles. The molecule has 5 nitrogen and oxygen atoms in total. The van der Waals surface area contributed by atoms with Crippen molar-refractivity contribution in [2.45, 2.75) is 64.5 Å². The van der Waals surface area contributed by atoms with Gasteiger partial charge in [-0.25, -0.2) is 0 Å². The fraction of sp³-hybridized carbons (Fsp3) is 0.500. The van der Waals surface area contributed by atoms with E-state index in [1.54, 1.807) is 12.1 Å². The predicted molar refractivity (Wildman–Crippen MR) is 118 cm³/mol. The highest BCUT2D eigenvalue weighted by molar-refractivity contribution is 5.59. The minimum absolute atomic E-state index is 0.106. The zero-order valence-corrected chi connectivity index (χ0v) is 17.8. The van der Waals surface area contributed by atoms with Crippen molar-refractivity contribution < 1.29 is 20.1 Å². The van der Waals surface area contributed by atoms with Gasteiger partial charge in [-0.05, 0) is 45.6 Å². The van der Waals surface area contributed by atoms with Crippen LogP contribution in [0.25, 0.3) is 0 Å². The number of hydrogen-bond donors (Lipinski definition) is 4. The zero-order valence-electron chi connectivity index (χ0n) is 17.8. The normalized spacial score (nSPS) is 12.7. The largest absolute Gasteiger partial charge is 0.507 e. The second-order valence-electron chi connectivity index (χ2n) is 8.27. The van der Waals surface area contributed by atoms with Gasteiger partial charge in [-0.15, -0.1) is 0 Å². The molecule has 1 atom stereocenters. The maximum absolute atomic E-state index is 10.1. The number of anilines is 1. The summed E-state index contributed by atoms with van der Waals surface area (Å²) < 4.78 is 5.73. The van der Waals surface area contributed by atoms with Crippen LogP contribution in [0, 0.1) is 0 Å². The van der Waals surface area contributed by atoms with E-state index in [0.717, 1.165) is 45.3 Å². The first-order valence-electron chi connectivity index (χ1n) is 10.4. The molecule has 0 spiro atoms. The maximum atomic E-state index is 10.1. The lowest BCUT2D eigenvalue weighted by Crippen LogP contribution is -2.30. The standard InChI is InChI=1S/C24H35NO4/c1-18(26)23-21(27)16-20(17-22(23)28)25-24(2,3)13-8-5-9-14-29-15-12-19-10-6-4-7-11-19/h4,6-7,10-11,16-18,25-28H,5,8-9,12-15H2,1-3H3. The number of aliphatic hydroxyl groups excluding tert-OH is 1. The Bertz CT molecular complexity index is 721. The average Bonchev–Trinajstić information content (AvgIpc) is 2.63. The molecule has 0 saturated heterocycles. The lowest BCUT2D eigenvalue weighted by molar-refractivity contribution is 0.132. The SMILES string of the molecule is CC(O)c1c(O)cc(NC(C)(C)CCCCCOCCc2ccccc2)cc1O. The van der Waals surface area contributed by atoms with Gasteiger partial charge < -0.3 is 25.4 Å². The molecule has 0 radical (unpaired) electrons. The molecule has 160 valence electrons. The molecule has 4 N–H and O–H groups in total. The lowest BCUT2D eigenvalue weighted by atomic mass is 9.96. The van der Waals surface area contributed by atoms with Gasteiger partial charge in [-0.1, -0.05) is 43.2 Å². The quantitative estimate of drug-likeness (QED) is 0.369. The zero-order chi connectivity index (χ0) is 21.3. The number of aromatic hydroxyl groups is 2. The first-order valence-corrected chi connectivity index (χ1v) is 10.4. The molecule has 2 rings (SSSR count). The number of benzene rings is 2. The molecule has 0 aliphatic carbocycles. The van der Waals surface area contributed by atoms with Crippen LogP contribution >= 0.6 is 0 Å². The van der Waals surface area contributed by atoms with E-state index < -0.39 is 6.10 Å². The lowest BCUT2D eigenvalue weighted by Gasteiger charge is -2.28. The van der Waals surface area contributed by atoms with Crippen molar-refractivity contribution >= 4 is 5.69 Å². The van der Waals surface area contributed by atoms with Gasteiger partial charge in [0.15, 0.2) is 0 Å². The third-order valence-corrected chi connectivity index (χ3v) is 5.01. The monoisotopic (exact) mass is 401 g/mol. The predicted octanol–water partition coefficient (Wildman–Crippen LogP) is 5.16. The van der Waals surface area contributed by atoms with E-state index in [2.05, 4.69) is 43.4 Å². The van der Waals surface area contributed by atoms with Crippen molar-refractivity contribution in [3.8, 4) is 11.5 Å². The first kappa shape index (κ1) is 23.0. The minimum Gasteiger partial charge on any atom is -0.507 e. The molecule has 0 heterocycles. The summed E-state index contributed by atoms with van der Waals surface area (Å²) in [4.78, 5) is 0. The van der Waals surface area contributed by atoms with Crippen LogP contribution in [0.5, 0.6) is 11.5 Å². The molecule has 0 amide bonds. The Balaban J connectivity index is 1.65. The Hall–Kier alpha value is -2.24. The van der Waals surface area contributed by atoms with Crippen LogP contribution in [0.3, 0.4) is 0 Å². The molecule has 0 aromatic heterocycles. The number of rotatable bonds is 12. The molecule has 0 bridgehead atoms. The molecule has 1 unspecified atom stereocenters. The number of unbranched alkanes of at least 4 members (excludes halogenated alkanes) is 2. The van der Waals surface area contributed by atoms with Crippen LogP contribution < -0.4 is 5.32 Å². The summed E-state index contributed by atoms with van der Waals surface area (Å²) in [5, 5.41) is 33.1. The topological polar surface area (TPSA) is 82.0 Å². The smallest absolute Gasteiger partial charge is 0.127 e. The average molecular weight is 402 g/mol. The van der Waals surface area contributed by atoms with Gasteiger partial charge in [0.2, 0.25) is 0 Å². The van der Waals surface area contributed by atoms with E-state index in [-0.39, 0.29) is 22.6 Å². The molecule has 2 aromatic rings. The van der Waals surface area contributed by atoms with Crippen molar-refractivity contribution in [1.29, 1.82) is 0 Å². The van der Waals surface area contributed by atoms with Gasteiger partial charge in [-0.2, -0.15) is 0 Å². The fourth-order valence-electron chi connectivity index (χ4n) is 3.46. The molecule has 29 heavy (non-hydrogen) atoms. The molecule has 5 heteroatoms. The summed E-state index contributed by atoms with van der Waals surface area (Å²) in [5.41, 5.74) is 1.91. The van der Waals surface area contributed by atoms with Gasteiger partial charge in [0.05, 0.1) is 18.3 Å². The van der Waals surface area contributed by atoms with E-state index in [9.17, 15) is 15.3 Å². The number of ether oxygens (including phenoxy) is 1. The van der Waals surface area contributed by atoms with Crippen molar-refractivity contribution in [3.63, 3.8) is 0 Å². The third kappa shape index (κ3) is 7.95. The highest BCUT2D eigenvalue weighted by atomic mass is 16.5. The number of hydrogen-bond acceptors (Lipinski definition) is 5. The second-order valence-corrected chi connectivity index (χ2v) is 8.27. The van der Waals surface area contributed by atoms with Gasteiger partial charge in [-0.3, -0.25) is 0 Å². The second kappa shape index (κ2) is 11.1. The van der Waals surface area contributed by atoms with E-state index in [4.69, 9.17) is 4.74 Å². The molecule has 0 aliphatic rings. The van der Waals surface area contributed by atoms with Crippen molar-refractivity contribution in [2.24, 2.45) is 0 Å². The summed E-state index contributed by atoms with van der Waals surface area (Å²) in [6.07, 6.45) is 4.17. The van der Waals surface area contributed by atoms with Gasteiger partial charge in [0.1, 0.15) is 11.5 Å². The fourth-order valence-corrected chi connectivity index (χ4v) is 3.46. The van der Waals surface area contributed by atoms with Gasteiger partial charge in [0.25, 0.3) is 0 Å². The van der Waals surface area contributed by atoms with Crippen molar-refractivity contribution in [3.05, 3.63) is 53.6 Å². The van der Waals surface area contributed by atoms with Crippen LogP contribution in [0.1, 0.15) is 63.7 Å². The third-order valence-electron chi connectivity index (χ3n) is 5.01. The van der Waals surface area contributed by atoms with E-state index in [0.29, 0.717) is 5.69 Å². The Labute approximate surface area is 174 Å². The Kier molecular flexibility index (Phi) is 8.80. The number of aliphatic hydroxyl groups is 1. The highest BCUT2D eigenvalue weighted by Gasteiger charge is 2.20. The number of phenolic OH excluding ortho intramolecular Hbond substituents is 2. The van der Waals surface area contributed by atoms with E-state index in [1.807, 2.05) is 6.07 Å². The summed E-state index contributed by atoms with van der Waals surface area (Å²) in [7, 11) is 0. The van der Waals surface area contributed by atoms with Crippen LogP contribution in [-0.4, -0.2) is 34.1 Å².